The minimum atomic E-state index is 1.16. The van der Waals surface area contributed by atoms with Gasteiger partial charge in [-0.2, -0.15) is 0 Å². The molecule has 0 saturated heterocycles. The van der Waals surface area contributed by atoms with E-state index in [1.807, 2.05) is 12.1 Å². The van der Waals surface area contributed by atoms with Crippen LogP contribution in [0.1, 0.15) is 23.7 Å². The topological polar surface area (TPSA) is 4.93 Å². The fraction of sp³-hybridized carbons (Fsp3) is 0.0769. The Kier molecular flexibility index (Phi) is 4.52. The molecule has 0 fully saturated rings. The van der Waals surface area contributed by atoms with Gasteiger partial charge in [0, 0.05) is 16.6 Å². The fourth-order valence-corrected chi connectivity index (χ4v) is 3.79. The predicted molar refractivity (Wildman–Crippen MR) is 118 cm³/mol. The minimum Gasteiger partial charge on any atom is -0.309 e. The van der Waals surface area contributed by atoms with Crippen LogP contribution in [0, 0.1) is 6.92 Å². The molecule has 1 heteroatoms. The van der Waals surface area contributed by atoms with Crippen LogP contribution in [0.2, 0.25) is 0 Å². The minimum absolute atomic E-state index is 1.16. The second kappa shape index (κ2) is 7.13. The van der Waals surface area contributed by atoms with Crippen molar-refractivity contribution >= 4 is 23.1 Å². The third-order valence-corrected chi connectivity index (χ3v) is 5.03. The lowest BCUT2D eigenvalue weighted by atomic mass is 10.1. The van der Waals surface area contributed by atoms with E-state index in [1.165, 1.54) is 38.9 Å². The summed E-state index contributed by atoms with van der Waals surface area (Å²) in [6.07, 6.45) is 6.22. The molecule has 4 aromatic rings. The standard InChI is InChI=1S/C26H23N/c1-4-10-25-23(5-2)24-14-9-11-19(3)26(24)27(25)22-17-15-21(16-18-22)20-12-7-6-8-13-20/h4-18H,2H2,1,3H3/b10-4-. The largest absolute Gasteiger partial charge is 0.309 e. The zero-order valence-corrected chi connectivity index (χ0v) is 15.8. The number of aryl methyl sites for hydroxylation is 1. The fourth-order valence-electron chi connectivity index (χ4n) is 3.79. The molecule has 3 aromatic carbocycles. The SMILES string of the molecule is C=Cc1c(/C=C\C)n(-c2ccc(-c3ccccc3)cc2)c2c(C)cccc12. The van der Waals surface area contributed by atoms with Crippen LogP contribution in [-0.4, -0.2) is 4.57 Å². The molecule has 1 aromatic heterocycles. The first-order chi connectivity index (χ1) is 13.2. The third kappa shape index (κ3) is 2.92. The average Bonchev–Trinajstić information content (AvgIpc) is 3.03. The van der Waals surface area contributed by atoms with Gasteiger partial charge in [0.05, 0.1) is 11.2 Å². The predicted octanol–water partition coefficient (Wildman–Crippen LogP) is 7.28. The number of fused-ring (bicyclic) bond motifs is 1. The Morgan fingerprint density at radius 2 is 1.52 bits per heavy atom. The lowest BCUT2D eigenvalue weighted by Crippen LogP contribution is -1.98. The van der Waals surface area contributed by atoms with Crippen molar-refractivity contribution in [2.75, 3.05) is 0 Å². The van der Waals surface area contributed by atoms with Crippen LogP contribution in [0.4, 0.5) is 0 Å². The van der Waals surface area contributed by atoms with Crippen molar-refractivity contribution in [3.8, 4) is 16.8 Å². The monoisotopic (exact) mass is 349 g/mol. The molecule has 132 valence electrons. The molecule has 27 heavy (non-hydrogen) atoms. The second-order valence-corrected chi connectivity index (χ2v) is 6.72. The lowest BCUT2D eigenvalue weighted by Gasteiger charge is -2.12. The summed E-state index contributed by atoms with van der Waals surface area (Å²) in [6, 6.07) is 25.8. The van der Waals surface area contributed by atoms with Gasteiger partial charge in [0.15, 0.2) is 0 Å². The second-order valence-electron chi connectivity index (χ2n) is 6.72. The van der Waals surface area contributed by atoms with Crippen molar-refractivity contribution in [3.05, 3.63) is 102 Å². The number of benzene rings is 3. The molecule has 0 spiro atoms. The normalized spacial score (nSPS) is 11.3. The van der Waals surface area contributed by atoms with Crippen LogP contribution in [0.3, 0.4) is 0 Å². The van der Waals surface area contributed by atoms with Crippen molar-refractivity contribution in [1.82, 2.24) is 4.57 Å². The van der Waals surface area contributed by atoms with Gasteiger partial charge in [0.1, 0.15) is 0 Å². The Bertz CT molecular complexity index is 1130. The summed E-state index contributed by atoms with van der Waals surface area (Å²) in [5.74, 6) is 0. The van der Waals surface area contributed by atoms with Gasteiger partial charge >= 0.3 is 0 Å². The van der Waals surface area contributed by atoms with Crippen molar-refractivity contribution in [1.29, 1.82) is 0 Å². The van der Waals surface area contributed by atoms with Gasteiger partial charge in [-0.3, -0.25) is 0 Å². The zero-order valence-electron chi connectivity index (χ0n) is 15.8. The van der Waals surface area contributed by atoms with E-state index < -0.39 is 0 Å². The number of hydrogen-bond acceptors (Lipinski definition) is 0. The summed E-state index contributed by atoms with van der Waals surface area (Å²) in [5.41, 5.74) is 8.48. The van der Waals surface area contributed by atoms with Gasteiger partial charge in [-0.25, -0.2) is 0 Å². The summed E-state index contributed by atoms with van der Waals surface area (Å²) in [5, 5.41) is 1.24. The van der Waals surface area contributed by atoms with Gasteiger partial charge in [-0.05, 0) is 48.7 Å². The van der Waals surface area contributed by atoms with Crippen LogP contribution in [-0.2, 0) is 0 Å². The Morgan fingerprint density at radius 3 is 2.19 bits per heavy atom. The van der Waals surface area contributed by atoms with E-state index in [-0.39, 0.29) is 0 Å². The number of hydrogen-bond donors (Lipinski definition) is 0. The molecule has 1 nitrogen and oxygen atoms in total. The van der Waals surface area contributed by atoms with Gasteiger partial charge in [-0.15, -0.1) is 0 Å². The zero-order chi connectivity index (χ0) is 18.8. The first-order valence-electron chi connectivity index (χ1n) is 9.29. The molecule has 0 aliphatic heterocycles. The van der Waals surface area contributed by atoms with Crippen LogP contribution in [0.5, 0.6) is 0 Å². The molecule has 0 bridgehead atoms. The number of aromatic nitrogens is 1. The molecule has 0 unspecified atom stereocenters. The quantitative estimate of drug-likeness (QED) is 0.365. The van der Waals surface area contributed by atoms with Crippen LogP contribution >= 0.6 is 0 Å². The van der Waals surface area contributed by atoms with Crippen molar-refractivity contribution in [2.24, 2.45) is 0 Å². The van der Waals surface area contributed by atoms with E-state index in [0.29, 0.717) is 0 Å². The summed E-state index contributed by atoms with van der Waals surface area (Å²) >= 11 is 0. The molecular formula is C26H23N. The number of rotatable bonds is 4. The maximum absolute atomic E-state index is 4.07. The van der Waals surface area contributed by atoms with Crippen molar-refractivity contribution < 1.29 is 0 Å². The Morgan fingerprint density at radius 1 is 0.815 bits per heavy atom. The van der Waals surface area contributed by atoms with Crippen molar-refractivity contribution in [3.63, 3.8) is 0 Å². The van der Waals surface area contributed by atoms with Crippen LogP contribution < -0.4 is 0 Å². The molecule has 0 aliphatic carbocycles. The van der Waals surface area contributed by atoms with E-state index in [1.54, 1.807) is 0 Å². The van der Waals surface area contributed by atoms with E-state index in [2.05, 4.69) is 104 Å². The van der Waals surface area contributed by atoms with E-state index in [4.69, 9.17) is 0 Å². The molecule has 4 rings (SSSR count). The summed E-state index contributed by atoms with van der Waals surface area (Å²) in [7, 11) is 0. The Labute approximate surface area is 160 Å². The number of para-hydroxylation sites is 1. The Hall–Kier alpha value is -3.32. The Balaban J connectivity index is 1.96. The van der Waals surface area contributed by atoms with E-state index in [0.717, 1.165) is 5.69 Å². The molecule has 0 aliphatic rings. The van der Waals surface area contributed by atoms with E-state index in [9.17, 15) is 0 Å². The summed E-state index contributed by atoms with van der Waals surface area (Å²) < 4.78 is 2.34. The number of allylic oxidation sites excluding steroid dienone is 1. The molecular weight excluding hydrogens is 326 g/mol. The van der Waals surface area contributed by atoms with Gasteiger partial charge in [0.25, 0.3) is 0 Å². The third-order valence-electron chi connectivity index (χ3n) is 5.03. The van der Waals surface area contributed by atoms with Gasteiger partial charge in [-0.1, -0.05) is 79.4 Å². The smallest absolute Gasteiger partial charge is 0.0570 e. The van der Waals surface area contributed by atoms with Gasteiger partial charge < -0.3 is 4.57 Å². The highest BCUT2D eigenvalue weighted by atomic mass is 15.0. The molecule has 1 heterocycles. The van der Waals surface area contributed by atoms with Crippen LogP contribution in [0.15, 0.2) is 85.5 Å². The number of nitrogens with zero attached hydrogens (tertiary/aromatic N) is 1. The van der Waals surface area contributed by atoms with Crippen LogP contribution in [0.25, 0.3) is 39.9 Å². The summed E-state index contributed by atoms with van der Waals surface area (Å²) in [6.45, 7) is 8.29. The lowest BCUT2D eigenvalue weighted by molar-refractivity contribution is 1.10. The maximum Gasteiger partial charge on any atom is 0.0570 e. The van der Waals surface area contributed by atoms with Gasteiger partial charge in [0.2, 0.25) is 0 Å². The molecule has 0 N–H and O–H groups in total. The molecule has 0 amide bonds. The first-order valence-corrected chi connectivity index (χ1v) is 9.29. The highest BCUT2D eigenvalue weighted by Gasteiger charge is 2.16. The molecule has 0 radical (unpaired) electrons. The first kappa shape index (κ1) is 17.1. The highest BCUT2D eigenvalue weighted by Crippen LogP contribution is 2.34. The summed E-state index contributed by atoms with van der Waals surface area (Å²) in [4.78, 5) is 0. The molecule has 0 saturated carbocycles. The average molecular weight is 349 g/mol. The highest BCUT2D eigenvalue weighted by molar-refractivity contribution is 5.97. The van der Waals surface area contributed by atoms with E-state index >= 15 is 0 Å². The van der Waals surface area contributed by atoms with Crippen molar-refractivity contribution in [2.45, 2.75) is 13.8 Å². The maximum atomic E-state index is 4.07. The molecule has 0 atom stereocenters.